The molecule has 8 rings (SSSR count). The number of aromatic nitrogens is 1. The number of carboxylic acid groups (broad SMARTS) is 2. The number of hydrogen-bond acceptors (Lipinski definition) is 30. The van der Waals surface area contributed by atoms with Crippen molar-refractivity contribution < 1.29 is 149 Å². The number of nitrogens with one attached hydrogen (secondary N) is 6. The van der Waals surface area contributed by atoms with Crippen molar-refractivity contribution in [2.24, 2.45) is 17.8 Å². The number of benzene rings is 4. The number of unbranched alkanes of at least 4 members (excludes halogenated alkanes) is 1. The molecule has 792 valence electrons. The van der Waals surface area contributed by atoms with E-state index in [4.69, 9.17) is 80.8 Å². The maximum absolute atomic E-state index is 15.2. The van der Waals surface area contributed by atoms with Crippen molar-refractivity contribution in [1.29, 1.82) is 0 Å². The molecular formula is C102H154N9O30S+. The molecule has 0 bridgehead atoms. The van der Waals surface area contributed by atoms with Crippen LogP contribution in [0.25, 0.3) is 11.1 Å². The van der Waals surface area contributed by atoms with Gasteiger partial charge in [0.15, 0.2) is 12.1 Å². The second-order valence-corrected chi connectivity index (χ2v) is 37.0. The zero-order valence-electron chi connectivity index (χ0n) is 83.9. The number of nitrogens with zero attached hydrogens (tertiary/aromatic N) is 3. The molecule has 40 heteroatoms. The molecule has 7 amide bonds. The SMILES string of the molecule is CCCNC(=O)[C@H](CCCCNC(=O)CCOCCOCCOCCOCCOCCOCCOCCOCCOCCOCCOCCOC(=O)Nc1cc(C[N+]2(C)CCCC[C@@H]2C(=O)N[C@H](C(=O)N(C)[C@H](C[C@@H](OCCC)c2nc(C(=O)N[C@@H](Cc3ccccc3)C[C@H](C)C(=O)O)cs2)C(C)C)[C@@H](C)CC)ccc1O[C@@H]1O[C@H](C(=O)O)[C@@H](O)[C@H](O)[C@H]1O)NC(=O)OCC1c2ccccc2-c2ccccc21. The van der Waals surface area contributed by atoms with Gasteiger partial charge >= 0.3 is 24.1 Å². The first-order valence-electron chi connectivity index (χ1n) is 49.9. The van der Waals surface area contributed by atoms with Gasteiger partial charge in [-0.2, -0.15) is 0 Å². The van der Waals surface area contributed by atoms with E-state index < -0.39 is 103 Å². The van der Waals surface area contributed by atoms with Gasteiger partial charge in [-0.3, -0.25) is 34.1 Å². The summed E-state index contributed by atoms with van der Waals surface area (Å²) in [6.07, 6.45) is -5.29. The van der Waals surface area contributed by atoms with Crippen LogP contribution in [-0.4, -0.2) is 353 Å². The summed E-state index contributed by atoms with van der Waals surface area (Å²) >= 11 is 1.27. The van der Waals surface area contributed by atoms with Crippen LogP contribution in [0, 0.1) is 17.8 Å². The number of rotatable bonds is 73. The summed E-state index contributed by atoms with van der Waals surface area (Å²) < 4.78 is 90.7. The Kier molecular flexibility index (Phi) is 54.5. The molecule has 11 N–H and O–H groups in total. The molecule has 2 saturated heterocycles. The summed E-state index contributed by atoms with van der Waals surface area (Å²) in [6, 6.07) is 27.1. The maximum atomic E-state index is 15.2. The van der Waals surface area contributed by atoms with Crippen LogP contribution in [0.1, 0.15) is 175 Å². The number of carbonyl (C=O) groups excluding carboxylic acids is 7. The number of piperidine rings is 1. The molecular weight excluding hydrogens is 1860 g/mol. The number of carboxylic acids is 2. The quantitative estimate of drug-likeness (QED) is 0.0128. The highest BCUT2D eigenvalue weighted by Crippen LogP contribution is 2.45. The van der Waals surface area contributed by atoms with Gasteiger partial charge in [0, 0.05) is 75.0 Å². The Hall–Kier alpha value is -9.54. The number of aliphatic hydroxyl groups is 3. The Labute approximate surface area is 837 Å². The number of ether oxygens (including phenoxy) is 16. The average molecular weight is 2020 g/mol. The van der Waals surface area contributed by atoms with Crippen molar-refractivity contribution in [3.8, 4) is 16.9 Å². The topological polar surface area (TPSA) is 491 Å². The molecule has 2 fully saturated rings. The van der Waals surface area contributed by atoms with Crippen molar-refractivity contribution in [3.63, 3.8) is 0 Å². The minimum absolute atomic E-state index is 0.0115. The zero-order chi connectivity index (χ0) is 102. The number of amides is 7. The van der Waals surface area contributed by atoms with E-state index in [9.17, 15) is 59.1 Å². The molecule has 0 saturated carbocycles. The Morgan fingerprint density at radius 1 is 0.577 bits per heavy atom. The average Bonchev–Trinajstić information content (AvgIpc) is 1.58. The zero-order valence-corrected chi connectivity index (χ0v) is 84.7. The van der Waals surface area contributed by atoms with Crippen LogP contribution in [0.3, 0.4) is 0 Å². The van der Waals surface area contributed by atoms with Gasteiger partial charge in [-0.15, -0.1) is 11.3 Å². The number of hydrogen-bond donors (Lipinski definition) is 11. The highest BCUT2D eigenvalue weighted by Gasteiger charge is 2.49. The van der Waals surface area contributed by atoms with Gasteiger partial charge in [-0.1, -0.05) is 134 Å². The molecule has 1 aliphatic carbocycles. The molecule has 14 atom stereocenters. The maximum Gasteiger partial charge on any atom is 0.411 e. The molecule has 39 nitrogen and oxygen atoms in total. The van der Waals surface area contributed by atoms with Gasteiger partial charge in [0.05, 0.1) is 171 Å². The van der Waals surface area contributed by atoms with Crippen LogP contribution < -0.4 is 36.6 Å². The Morgan fingerprint density at radius 3 is 1.68 bits per heavy atom. The normalized spacial score (nSPS) is 18.7. The number of quaternary nitrogens is 1. The van der Waals surface area contributed by atoms with Gasteiger partial charge in [0.25, 0.3) is 11.8 Å². The minimum atomic E-state index is -2.00. The predicted molar refractivity (Wildman–Crippen MR) is 526 cm³/mol. The van der Waals surface area contributed by atoms with Crippen LogP contribution in [-0.2, 0) is 113 Å². The minimum Gasteiger partial charge on any atom is -0.481 e. The first-order chi connectivity index (χ1) is 68.6. The summed E-state index contributed by atoms with van der Waals surface area (Å²) in [4.78, 5) is 127. The van der Waals surface area contributed by atoms with Crippen molar-refractivity contribution in [2.75, 3.05) is 204 Å². The number of thiazole rings is 1. The largest absolute Gasteiger partial charge is 0.481 e. The van der Waals surface area contributed by atoms with Gasteiger partial charge < -0.3 is 137 Å². The third kappa shape index (κ3) is 40.8. The lowest BCUT2D eigenvalue weighted by atomic mass is 9.92. The summed E-state index contributed by atoms with van der Waals surface area (Å²) in [6.45, 7) is 22.8. The third-order valence-electron chi connectivity index (χ3n) is 24.8. The van der Waals surface area contributed by atoms with Crippen molar-refractivity contribution >= 4 is 70.7 Å². The number of likely N-dealkylation sites (tertiary alicyclic amines) is 1. The van der Waals surface area contributed by atoms with Crippen molar-refractivity contribution in [1.82, 2.24) is 36.5 Å². The fraction of sp³-hybridized carbons (Fsp3) is 0.647. The smallest absolute Gasteiger partial charge is 0.411 e. The number of aliphatic hydroxyl groups excluding tert-OH is 3. The number of alkyl carbamates (subject to hydrolysis) is 1. The number of likely N-dealkylation sites (N-methyl/N-ethyl adjacent to an activating group) is 2. The molecule has 0 radical (unpaired) electrons. The van der Waals surface area contributed by atoms with E-state index in [-0.39, 0.29) is 129 Å². The van der Waals surface area contributed by atoms with Gasteiger partial charge in [-0.05, 0) is 116 Å². The van der Waals surface area contributed by atoms with Crippen LogP contribution >= 0.6 is 11.3 Å². The highest BCUT2D eigenvalue weighted by atomic mass is 32.1. The van der Waals surface area contributed by atoms with Crippen LogP contribution in [0.2, 0.25) is 0 Å². The van der Waals surface area contributed by atoms with Crippen LogP contribution in [0.4, 0.5) is 15.3 Å². The van der Waals surface area contributed by atoms with Crippen molar-refractivity contribution in [2.45, 2.75) is 211 Å². The molecule has 5 aromatic rings. The van der Waals surface area contributed by atoms with Gasteiger partial charge in [-0.25, -0.2) is 19.4 Å². The monoisotopic (exact) mass is 2020 g/mol. The van der Waals surface area contributed by atoms with E-state index in [0.717, 1.165) is 47.1 Å². The molecule has 4 aromatic carbocycles. The lowest BCUT2D eigenvalue weighted by Gasteiger charge is -2.44. The molecule has 3 aliphatic rings. The van der Waals surface area contributed by atoms with E-state index in [1.54, 1.807) is 36.4 Å². The second-order valence-electron chi connectivity index (χ2n) is 36.1. The molecule has 1 aromatic heterocycles. The number of fused-ring (bicyclic) bond motifs is 3. The lowest BCUT2D eigenvalue weighted by Crippen LogP contribution is -2.63. The van der Waals surface area contributed by atoms with E-state index >= 15 is 9.59 Å². The molecule has 2 aliphatic heterocycles. The first-order valence-corrected chi connectivity index (χ1v) is 50.8. The first kappa shape index (κ1) is 118. The van der Waals surface area contributed by atoms with Gasteiger partial charge in [0.1, 0.15) is 72.7 Å². The summed E-state index contributed by atoms with van der Waals surface area (Å²) in [7, 11) is 3.68. The Bertz CT molecular complexity index is 4500. The van der Waals surface area contributed by atoms with E-state index in [1.807, 2.05) is 103 Å². The van der Waals surface area contributed by atoms with Crippen LogP contribution in [0.15, 0.2) is 102 Å². The lowest BCUT2D eigenvalue weighted by molar-refractivity contribution is -0.942. The highest BCUT2D eigenvalue weighted by molar-refractivity contribution is 7.09. The molecule has 142 heavy (non-hydrogen) atoms. The number of aliphatic carboxylic acids is 2. The molecule has 1 unspecified atom stereocenters. The van der Waals surface area contributed by atoms with E-state index in [2.05, 4.69) is 56.2 Å². The van der Waals surface area contributed by atoms with E-state index in [0.29, 0.717) is 200 Å². The van der Waals surface area contributed by atoms with Crippen molar-refractivity contribution in [3.05, 3.63) is 135 Å². The van der Waals surface area contributed by atoms with Gasteiger partial charge in [0.2, 0.25) is 24.0 Å². The second kappa shape index (κ2) is 65.8. The number of anilines is 1. The standard InChI is InChI=1S/C102H153N9O30S/c1-10-35-104-93(116)80(107-102(125)139-67-79-77-28-18-16-26-75(77)76-27-17-19-29-78(76)79)30-20-22-36-103-87(112)34-39-126-40-41-127-42-43-128-44-45-129-46-47-130-48-49-131-50-51-132-52-53-133-54-55-134-56-57-135-58-59-136-60-61-138-101(124)108-81-64-73(32-33-85(81)140-100-91(115)89(113)90(114)92(141-100)99(122)123)66-111(9)37-23-21-31-84(111)95(118)109-88(70(6)12-3)97(119)110(8)83(69(4)5)65-86(137-38-11-2)96-106-82(68-142-96)94(117)105-74(62-71(7)98(120)121)63-72-24-14-13-15-25-72/h13-19,24-29,32-33,64,68-71,74,79-80,83-84,86,88-92,100,113-115H,10-12,20-23,30-31,34-63,65-67H2,1-9H3,(H7-,103,104,105,107,108,109,112,116,117,118,120,121,122,123,124,125)/p+1/t70-,71-,74+,80-,83+,84+,86+,88-,89-,90-,91+,92-,100+,111?/m0/s1. The van der Waals surface area contributed by atoms with Crippen LogP contribution in [0.5, 0.6) is 5.75 Å². The number of carbonyl (C=O) groups is 9. The fourth-order valence-corrected chi connectivity index (χ4v) is 17.7. The summed E-state index contributed by atoms with van der Waals surface area (Å²) in [5, 5.41) is 71.3. The fourth-order valence-electron chi connectivity index (χ4n) is 16.8. The molecule has 0 spiro atoms. The summed E-state index contributed by atoms with van der Waals surface area (Å²) in [5.41, 5.74) is 6.16. The third-order valence-corrected chi connectivity index (χ3v) is 25.8. The Balaban J connectivity index is 0.632. The molecule has 3 heterocycles. The van der Waals surface area contributed by atoms with E-state index in [1.165, 1.54) is 17.4 Å². The predicted octanol–water partition coefficient (Wildman–Crippen LogP) is 8.78. The summed E-state index contributed by atoms with van der Waals surface area (Å²) in [5.74, 6) is -5.44. The Morgan fingerprint density at radius 2 is 1.13 bits per heavy atom.